The number of hydrogen-bond donors (Lipinski definition) is 1. The molecule has 0 amide bonds. The molecular weight excluding hydrogens is 196 g/mol. The molecule has 2 rings (SSSR count). The van der Waals surface area contributed by atoms with E-state index >= 15 is 0 Å². The predicted molar refractivity (Wildman–Crippen MR) is 69.7 cm³/mol. The van der Waals surface area contributed by atoms with Crippen molar-refractivity contribution in [3.8, 4) is 0 Å². The Hall–Kier alpha value is -0.0800. The van der Waals surface area contributed by atoms with Crippen LogP contribution in [0.1, 0.15) is 51.4 Å². The molecular formula is C14H28N2. The van der Waals surface area contributed by atoms with Crippen molar-refractivity contribution >= 4 is 0 Å². The molecule has 0 spiro atoms. The van der Waals surface area contributed by atoms with Gasteiger partial charge in [-0.15, -0.1) is 0 Å². The lowest BCUT2D eigenvalue weighted by molar-refractivity contribution is 0.269. The van der Waals surface area contributed by atoms with Gasteiger partial charge in [0.05, 0.1) is 0 Å². The van der Waals surface area contributed by atoms with E-state index in [1.54, 1.807) is 0 Å². The molecule has 0 aromatic rings. The highest BCUT2D eigenvalue weighted by Gasteiger charge is 2.17. The molecule has 0 radical (unpaired) electrons. The summed E-state index contributed by atoms with van der Waals surface area (Å²) in [4.78, 5) is 2.56. The summed E-state index contributed by atoms with van der Waals surface area (Å²) in [5.41, 5.74) is 0. The molecule has 2 nitrogen and oxygen atoms in total. The molecule has 1 unspecified atom stereocenters. The summed E-state index contributed by atoms with van der Waals surface area (Å²) in [7, 11) is 2.31. The van der Waals surface area contributed by atoms with Crippen LogP contribution in [-0.4, -0.2) is 37.6 Å². The Labute approximate surface area is 101 Å². The second kappa shape index (κ2) is 6.61. The van der Waals surface area contributed by atoms with Crippen LogP contribution in [-0.2, 0) is 0 Å². The highest BCUT2D eigenvalue weighted by Crippen LogP contribution is 2.25. The minimum absolute atomic E-state index is 0.833. The van der Waals surface area contributed by atoms with Crippen molar-refractivity contribution in [1.29, 1.82) is 0 Å². The summed E-state index contributed by atoms with van der Waals surface area (Å²) < 4.78 is 0. The van der Waals surface area contributed by atoms with E-state index in [9.17, 15) is 0 Å². The Morgan fingerprint density at radius 2 is 1.94 bits per heavy atom. The first-order valence-corrected chi connectivity index (χ1v) is 7.26. The Morgan fingerprint density at radius 3 is 2.62 bits per heavy atom. The number of nitrogens with zero attached hydrogens (tertiary/aromatic N) is 1. The van der Waals surface area contributed by atoms with Gasteiger partial charge in [-0.2, -0.15) is 0 Å². The van der Waals surface area contributed by atoms with Gasteiger partial charge in [-0.05, 0) is 64.6 Å². The second-order valence-electron chi connectivity index (χ2n) is 5.85. The van der Waals surface area contributed by atoms with Crippen molar-refractivity contribution in [2.45, 2.75) is 57.4 Å². The van der Waals surface area contributed by atoms with Gasteiger partial charge in [0, 0.05) is 12.6 Å². The maximum absolute atomic E-state index is 3.58. The monoisotopic (exact) mass is 224 g/mol. The minimum Gasteiger partial charge on any atom is -0.314 e. The maximum Gasteiger partial charge on any atom is 0.00680 e. The maximum atomic E-state index is 3.58. The third-order valence-electron chi connectivity index (χ3n) is 4.30. The van der Waals surface area contributed by atoms with Crippen LogP contribution in [0, 0.1) is 5.92 Å². The summed E-state index contributed by atoms with van der Waals surface area (Å²) >= 11 is 0. The molecule has 0 bridgehead atoms. The fourth-order valence-electron chi connectivity index (χ4n) is 3.34. The molecule has 1 heterocycles. The first-order valence-electron chi connectivity index (χ1n) is 7.26. The van der Waals surface area contributed by atoms with Crippen LogP contribution in [0.4, 0.5) is 0 Å². The number of hydrogen-bond acceptors (Lipinski definition) is 2. The summed E-state index contributed by atoms with van der Waals surface area (Å²) in [6.45, 7) is 3.90. The lowest BCUT2D eigenvalue weighted by Crippen LogP contribution is -2.27. The highest BCUT2D eigenvalue weighted by molar-refractivity contribution is 4.75. The summed E-state index contributed by atoms with van der Waals surface area (Å²) in [6.07, 6.45) is 11.5. The molecule has 1 aliphatic carbocycles. The topological polar surface area (TPSA) is 15.3 Å². The standard InChI is InChI=1S/C14H28N2/c1-16(12-13-6-2-3-7-13)11-5-9-14-8-4-10-15-14/h13-15H,2-12H2,1H3. The van der Waals surface area contributed by atoms with E-state index in [-0.39, 0.29) is 0 Å². The average Bonchev–Trinajstić information content (AvgIpc) is 2.90. The Bertz CT molecular complexity index is 181. The van der Waals surface area contributed by atoms with Crippen LogP contribution >= 0.6 is 0 Å². The molecule has 1 atom stereocenters. The Balaban J connectivity index is 1.51. The van der Waals surface area contributed by atoms with Crippen LogP contribution in [0.2, 0.25) is 0 Å². The molecule has 2 heteroatoms. The van der Waals surface area contributed by atoms with E-state index < -0.39 is 0 Å². The van der Waals surface area contributed by atoms with Gasteiger partial charge in [0.2, 0.25) is 0 Å². The molecule has 1 saturated carbocycles. The normalized spacial score (nSPS) is 27.0. The molecule has 2 fully saturated rings. The number of nitrogens with one attached hydrogen (secondary N) is 1. The zero-order valence-corrected chi connectivity index (χ0v) is 10.9. The van der Waals surface area contributed by atoms with Gasteiger partial charge in [0.1, 0.15) is 0 Å². The van der Waals surface area contributed by atoms with Crippen molar-refractivity contribution in [3.63, 3.8) is 0 Å². The molecule has 0 aromatic heterocycles. The lowest BCUT2D eigenvalue weighted by Gasteiger charge is -2.21. The summed E-state index contributed by atoms with van der Waals surface area (Å²) in [5, 5.41) is 3.58. The Morgan fingerprint density at radius 1 is 1.12 bits per heavy atom. The van der Waals surface area contributed by atoms with E-state index in [0.717, 1.165) is 12.0 Å². The predicted octanol–water partition coefficient (Wildman–Crippen LogP) is 2.64. The van der Waals surface area contributed by atoms with Crippen LogP contribution < -0.4 is 5.32 Å². The molecule has 0 aromatic carbocycles. The van der Waals surface area contributed by atoms with Crippen molar-refractivity contribution < 1.29 is 0 Å². The quantitative estimate of drug-likeness (QED) is 0.746. The van der Waals surface area contributed by atoms with Gasteiger partial charge >= 0.3 is 0 Å². The summed E-state index contributed by atoms with van der Waals surface area (Å²) in [5.74, 6) is 1.01. The second-order valence-corrected chi connectivity index (χ2v) is 5.85. The SMILES string of the molecule is CN(CCCC1CCCN1)CC1CCCC1. The summed E-state index contributed by atoms with van der Waals surface area (Å²) in [6, 6.07) is 0.833. The van der Waals surface area contributed by atoms with Crippen molar-refractivity contribution in [2.75, 3.05) is 26.7 Å². The molecule has 16 heavy (non-hydrogen) atoms. The zero-order valence-electron chi connectivity index (χ0n) is 10.9. The van der Waals surface area contributed by atoms with Crippen LogP contribution in [0.5, 0.6) is 0 Å². The smallest absolute Gasteiger partial charge is 0.00680 e. The van der Waals surface area contributed by atoms with E-state index in [2.05, 4.69) is 17.3 Å². The van der Waals surface area contributed by atoms with Crippen LogP contribution in [0.15, 0.2) is 0 Å². The minimum atomic E-state index is 0.833. The zero-order chi connectivity index (χ0) is 11.2. The molecule has 1 saturated heterocycles. The third-order valence-corrected chi connectivity index (χ3v) is 4.30. The molecule has 1 aliphatic heterocycles. The van der Waals surface area contributed by atoms with E-state index in [1.165, 1.54) is 71.0 Å². The molecule has 2 aliphatic rings. The molecule has 94 valence electrons. The first-order chi connectivity index (χ1) is 7.84. The lowest BCUT2D eigenvalue weighted by atomic mass is 10.1. The van der Waals surface area contributed by atoms with Gasteiger partial charge in [-0.25, -0.2) is 0 Å². The van der Waals surface area contributed by atoms with E-state index in [4.69, 9.17) is 0 Å². The average molecular weight is 224 g/mol. The van der Waals surface area contributed by atoms with Crippen molar-refractivity contribution in [2.24, 2.45) is 5.92 Å². The van der Waals surface area contributed by atoms with Gasteiger partial charge < -0.3 is 10.2 Å². The number of rotatable bonds is 6. The van der Waals surface area contributed by atoms with Gasteiger partial charge in [-0.1, -0.05) is 12.8 Å². The Kier molecular flexibility index (Phi) is 5.11. The van der Waals surface area contributed by atoms with Crippen molar-refractivity contribution in [1.82, 2.24) is 10.2 Å². The van der Waals surface area contributed by atoms with Gasteiger partial charge in [0.25, 0.3) is 0 Å². The molecule has 1 N–H and O–H groups in total. The fourth-order valence-corrected chi connectivity index (χ4v) is 3.34. The van der Waals surface area contributed by atoms with E-state index in [0.29, 0.717) is 0 Å². The van der Waals surface area contributed by atoms with E-state index in [1.807, 2.05) is 0 Å². The highest BCUT2D eigenvalue weighted by atomic mass is 15.1. The van der Waals surface area contributed by atoms with Crippen LogP contribution in [0.3, 0.4) is 0 Å². The van der Waals surface area contributed by atoms with Gasteiger partial charge in [0.15, 0.2) is 0 Å². The third kappa shape index (κ3) is 4.06. The van der Waals surface area contributed by atoms with Crippen LogP contribution in [0.25, 0.3) is 0 Å². The largest absolute Gasteiger partial charge is 0.314 e. The first kappa shape index (κ1) is 12.4. The van der Waals surface area contributed by atoms with Gasteiger partial charge in [-0.3, -0.25) is 0 Å². The van der Waals surface area contributed by atoms with Crippen molar-refractivity contribution in [3.05, 3.63) is 0 Å². The fraction of sp³-hybridized carbons (Fsp3) is 1.00.